The van der Waals surface area contributed by atoms with Gasteiger partial charge < -0.3 is 18.9 Å². The van der Waals surface area contributed by atoms with Crippen LogP contribution in [0.3, 0.4) is 0 Å². The number of rotatable bonds is 5. The Morgan fingerprint density at radius 2 is 1.56 bits per heavy atom. The van der Waals surface area contributed by atoms with Gasteiger partial charge in [0.25, 0.3) is 0 Å². The molecular weight excluding hydrogens is 340 g/mol. The number of methoxy groups -OCH3 is 2. The molecule has 0 aliphatic heterocycles. The third-order valence-corrected chi connectivity index (χ3v) is 4.64. The Morgan fingerprint density at radius 1 is 0.852 bits per heavy atom. The Balaban J connectivity index is 1.92. The minimum Gasteiger partial charge on any atom is -0.496 e. The summed E-state index contributed by atoms with van der Waals surface area (Å²) in [4.78, 5) is 2.07. The van der Waals surface area contributed by atoms with E-state index in [1.54, 1.807) is 14.2 Å². The Labute approximate surface area is 157 Å². The number of hydrogen-bond acceptors (Lipinski definition) is 5. The minimum absolute atomic E-state index is 0.677. The van der Waals surface area contributed by atoms with Crippen LogP contribution >= 0.6 is 0 Å². The largest absolute Gasteiger partial charge is 0.496 e. The predicted molar refractivity (Wildman–Crippen MR) is 107 cm³/mol. The highest BCUT2D eigenvalue weighted by atomic mass is 16.5. The number of fused-ring (bicyclic) bond motifs is 1. The fourth-order valence-corrected chi connectivity index (χ4v) is 3.20. The van der Waals surface area contributed by atoms with Crippen molar-refractivity contribution in [1.29, 1.82) is 0 Å². The standard InChI is InChI=1S/C22H20N2O3/c1-24(15-9-5-4-6-10-15)18-13-17(20(25-2)14-21(18)26-3)22-16-11-7-8-12-19(16)27-23-22/h4-14H,1-3H3. The van der Waals surface area contributed by atoms with Gasteiger partial charge in [0.1, 0.15) is 17.2 Å². The topological polar surface area (TPSA) is 47.7 Å². The van der Waals surface area contributed by atoms with Gasteiger partial charge in [-0.05, 0) is 30.3 Å². The summed E-state index contributed by atoms with van der Waals surface area (Å²) in [6.45, 7) is 0. The molecule has 136 valence electrons. The van der Waals surface area contributed by atoms with Crippen LogP contribution in [-0.2, 0) is 0 Å². The van der Waals surface area contributed by atoms with Gasteiger partial charge >= 0.3 is 0 Å². The summed E-state index contributed by atoms with van der Waals surface area (Å²) in [6, 6.07) is 21.8. The number of anilines is 2. The minimum atomic E-state index is 0.677. The number of nitrogens with zero attached hydrogens (tertiary/aromatic N) is 2. The van der Waals surface area contributed by atoms with Crippen LogP contribution in [-0.4, -0.2) is 26.4 Å². The van der Waals surface area contributed by atoms with E-state index in [-0.39, 0.29) is 0 Å². The first-order valence-corrected chi connectivity index (χ1v) is 8.62. The van der Waals surface area contributed by atoms with Crippen molar-refractivity contribution in [2.24, 2.45) is 0 Å². The molecule has 0 N–H and O–H groups in total. The van der Waals surface area contributed by atoms with Gasteiger partial charge in [-0.2, -0.15) is 0 Å². The second-order valence-electron chi connectivity index (χ2n) is 6.15. The van der Waals surface area contributed by atoms with Crippen molar-refractivity contribution in [1.82, 2.24) is 5.16 Å². The molecule has 5 heteroatoms. The molecule has 0 fully saturated rings. The Morgan fingerprint density at radius 3 is 2.30 bits per heavy atom. The van der Waals surface area contributed by atoms with E-state index >= 15 is 0 Å². The highest BCUT2D eigenvalue weighted by molar-refractivity contribution is 5.94. The maximum absolute atomic E-state index is 5.62. The van der Waals surface area contributed by atoms with Crippen LogP contribution in [0, 0.1) is 0 Å². The smallest absolute Gasteiger partial charge is 0.167 e. The molecule has 0 spiro atoms. The summed E-state index contributed by atoms with van der Waals surface area (Å²) in [5.41, 5.74) is 4.29. The molecule has 5 nitrogen and oxygen atoms in total. The third-order valence-electron chi connectivity index (χ3n) is 4.64. The fraction of sp³-hybridized carbons (Fsp3) is 0.136. The molecule has 4 aromatic rings. The molecule has 0 atom stereocenters. The maximum Gasteiger partial charge on any atom is 0.167 e. The molecule has 4 rings (SSSR count). The number of benzene rings is 3. The zero-order chi connectivity index (χ0) is 18.8. The van der Waals surface area contributed by atoms with E-state index in [1.807, 2.05) is 61.6 Å². The maximum atomic E-state index is 5.62. The highest BCUT2D eigenvalue weighted by Gasteiger charge is 2.20. The summed E-state index contributed by atoms with van der Waals surface area (Å²) < 4.78 is 16.7. The first-order valence-electron chi connectivity index (χ1n) is 8.62. The monoisotopic (exact) mass is 360 g/mol. The summed E-state index contributed by atoms with van der Waals surface area (Å²) in [7, 11) is 5.30. The van der Waals surface area contributed by atoms with E-state index in [4.69, 9.17) is 14.0 Å². The van der Waals surface area contributed by atoms with Crippen molar-refractivity contribution in [2.75, 3.05) is 26.2 Å². The number of ether oxygens (including phenoxy) is 2. The molecular formula is C22H20N2O3. The van der Waals surface area contributed by atoms with Crippen molar-refractivity contribution >= 4 is 22.3 Å². The predicted octanol–water partition coefficient (Wildman–Crippen LogP) is 5.28. The van der Waals surface area contributed by atoms with E-state index < -0.39 is 0 Å². The summed E-state index contributed by atoms with van der Waals surface area (Å²) >= 11 is 0. The lowest BCUT2D eigenvalue weighted by molar-refractivity contribution is 0.395. The Kier molecular flexibility index (Phi) is 4.42. The van der Waals surface area contributed by atoms with Gasteiger partial charge in [0.2, 0.25) is 0 Å². The van der Waals surface area contributed by atoms with Crippen molar-refractivity contribution in [2.45, 2.75) is 0 Å². The van der Waals surface area contributed by atoms with E-state index in [0.29, 0.717) is 5.75 Å². The average Bonchev–Trinajstić information content (AvgIpc) is 3.17. The van der Waals surface area contributed by atoms with Gasteiger partial charge in [0, 0.05) is 29.8 Å². The second kappa shape index (κ2) is 7.03. The summed E-state index contributed by atoms with van der Waals surface area (Å²) in [5.74, 6) is 1.39. The van der Waals surface area contributed by atoms with Gasteiger partial charge in [0.15, 0.2) is 5.58 Å². The molecule has 0 unspecified atom stereocenters. The molecule has 0 amide bonds. The van der Waals surface area contributed by atoms with Crippen LogP contribution < -0.4 is 14.4 Å². The number of hydrogen-bond donors (Lipinski definition) is 0. The van der Waals surface area contributed by atoms with Crippen molar-refractivity contribution in [3.8, 4) is 22.8 Å². The first-order chi connectivity index (χ1) is 13.2. The van der Waals surface area contributed by atoms with E-state index in [1.165, 1.54) is 0 Å². The third kappa shape index (κ3) is 2.97. The van der Waals surface area contributed by atoms with Crippen molar-refractivity contribution in [3.05, 3.63) is 66.7 Å². The summed E-state index contributed by atoms with van der Waals surface area (Å²) in [5, 5.41) is 5.23. The molecule has 0 aliphatic carbocycles. The van der Waals surface area contributed by atoms with Crippen molar-refractivity contribution < 1.29 is 14.0 Å². The number of aromatic nitrogens is 1. The molecule has 0 radical (unpaired) electrons. The molecule has 0 saturated heterocycles. The van der Waals surface area contributed by atoms with E-state index in [2.05, 4.69) is 22.2 Å². The fourth-order valence-electron chi connectivity index (χ4n) is 3.20. The zero-order valence-corrected chi connectivity index (χ0v) is 15.5. The van der Waals surface area contributed by atoms with Crippen LogP contribution in [0.1, 0.15) is 0 Å². The van der Waals surface area contributed by atoms with Crippen LogP contribution in [0.25, 0.3) is 22.2 Å². The van der Waals surface area contributed by atoms with Gasteiger partial charge in [-0.15, -0.1) is 0 Å². The quantitative estimate of drug-likeness (QED) is 0.484. The molecule has 3 aromatic carbocycles. The normalized spacial score (nSPS) is 10.8. The molecule has 0 bridgehead atoms. The molecule has 1 heterocycles. The lowest BCUT2D eigenvalue weighted by Gasteiger charge is -2.23. The molecule has 27 heavy (non-hydrogen) atoms. The van der Waals surface area contributed by atoms with E-state index in [9.17, 15) is 0 Å². The number of para-hydroxylation sites is 2. The van der Waals surface area contributed by atoms with Crippen LogP contribution in [0.2, 0.25) is 0 Å². The van der Waals surface area contributed by atoms with Crippen LogP contribution in [0.5, 0.6) is 11.5 Å². The van der Waals surface area contributed by atoms with Gasteiger partial charge in [-0.1, -0.05) is 35.5 Å². The Bertz CT molecular complexity index is 1070. The molecule has 0 saturated carbocycles. The van der Waals surface area contributed by atoms with Gasteiger partial charge in [-0.25, -0.2) is 0 Å². The average molecular weight is 360 g/mol. The lowest BCUT2D eigenvalue weighted by atomic mass is 10.0. The lowest BCUT2D eigenvalue weighted by Crippen LogP contribution is -2.11. The zero-order valence-electron chi connectivity index (χ0n) is 15.5. The van der Waals surface area contributed by atoms with Gasteiger partial charge in [-0.3, -0.25) is 0 Å². The van der Waals surface area contributed by atoms with Gasteiger partial charge in [0.05, 0.1) is 19.9 Å². The summed E-state index contributed by atoms with van der Waals surface area (Å²) in [6.07, 6.45) is 0. The highest BCUT2D eigenvalue weighted by Crippen LogP contribution is 2.43. The van der Waals surface area contributed by atoms with Crippen molar-refractivity contribution in [3.63, 3.8) is 0 Å². The molecule has 1 aromatic heterocycles. The van der Waals surface area contributed by atoms with Crippen LogP contribution in [0.4, 0.5) is 11.4 Å². The van der Waals surface area contributed by atoms with Crippen LogP contribution in [0.15, 0.2) is 71.3 Å². The SMILES string of the molecule is COc1cc(OC)c(N(C)c2ccccc2)cc1-c1noc2ccccc12. The Hall–Kier alpha value is -3.47. The van der Waals surface area contributed by atoms with E-state index in [0.717, 1.165) is 39.4 Å². The first kappa shape index (κ1) is 17.0. The molecule has 0 aliphatic rings. The second-order valence-corrected chi connectivity index (χ2v) is 6.15.